The standard InChI is InChI=1S/C35H28Se2/c1-6-16-27(17-7-1)32-26-35(32,37-31-24-14-5-15-25-31)34(36-30-22-12-4-13-23-30)33(28-18-8-2-9-19-28)29-20-10-3-11-21-29/h1-25,32H,26H2/t32-,35+/m1/s1. The van der Waals surface area contributed by atoms with E-state index < -0.39 is 0 Å². The topological polar surface area (TPSA) is 0 Å². The van der Waals surface area contributed by atoms with Crippen LogP contribution >= 0.6 is 0 Å². The van der Waals surface area contributed by atoms with Crippen molar-refractivity contribution in [1.82, 2.24) is 0 Å². The first kappa shape index (κ1) is 24.2. The molecule has 1 fully saturated rings. The molecule has 0 spiro atoms. The van der Waals surface area contributed by atoms with Crippen molar-refractivity contribution in [3.63, 3.8) is 0 Å². The van der Waals surface area contributed by atoms with Crippen LogP contribution in [0.25, 0.3) is 5.57 Å². The summed E-state index contributed by atoms with van der Waals surface area (Å²) >= 11 is 0.498. The van der Waals surface area contributed by atoms with Crippen LogP contribution in [0.4, 0.5) is 0 Å². The fourth-order valence-corrected chi connectivity index (χ4v) is 11.6. The second-order valence-electron chi connectivity index (χ2n) is 9.32. The minimum atomic E-state index is 0.145. The third-order valence-corrected chi connectivity index (χ3v) is 13.4. The summed E-state index contributed by atoms with van der Waals surface area (Å²) < 4.78 is 4.71. The Morgan fingerprint density at radius 3 is 1.46 bits per heavy atom. The molecule has 1 aliphatic rings. The van der Waals surface area contributed by atoms with Crippen molar-refractivity contribution in [2.45, 2.75) is 16.7 Å². The fourth-order valence-electron chi connectivity index (χ4n) is 5.02. The average molecular weight is 607 g/mol. The summed E-state index contributed by atoms with van der Waals surface area (Å²) in [7, 11) is 0. The zero-order valence-electron chi connectivity index (χ0n) is 20.5. The summed E-state index contributed by atoms with van der Waals surface area (Å²) in [4.78, 5) is 0. The van der Waals surface area contributed by atoms with Crippen molar-refractivity contribution in [2.24, 2.45) is 0 Å². The Balaban J connectivity index is 1.61. The summed E-state index contributed by atoms with van der Waals surface area (Å²) in [5.74, 6) is 0.539. The molecule has 0 aliphatic heterocycles. The Labute approximate surface area is 232 Å². The molecular formula is C35H28Se2. The number of hydrogen-bond acceptors (Lipinski definition) is 0. The monoisotopic (exact) mass is 608 g/mol. The molecule has 0 unspecified atom stereocenters. The molecule has 5 aromatic carbocycles. The van der Waals surface area contributed by atoms with Crippen LogP contribution in [0.3, 0.4) is 0 Å². The molecule has 0 saturated heterocycles. The van der Waals surface area contributed by atoms with Crippen molar-refractivity contribution < 1.29 is 0 Å². The second-order valence-corrected chi connectivity index (χ2v) is 14.5. The molecule has 2 atom stereocenters. The van der Waals surface area contributed by atoms with Gasteiger partial charge in [-0.25, -0.2) is 0 Å². The first-order valence-electron chi connectivity index (χ1n) is 12.7. The van der Waals surface area contributed by atoms with Gasteiger partial charge in [-0.2, -0.15) is 0 Å². The molecule has 6 rings (SSSR count). The van der Waals surface area contributed by atoms with Gasteiger partial charge >= 0.3 is 234 Å². The number of hydrogen-bond donors (Lipinski definition) is 0. The van der Waals surface area contributed by atoms with Gasteiger partial charge in [0.2, 0.25) is 0 Å². The first-order chi connectivity index (χ1) is 18.3. The van der Waals surface area contributed by atoms with E-state index in [0.717, 1.165) is 0 Å². The van der Waals surface area contributed by atoms with E-state index in [9.17, 15) is 0 Å². The van der Waals surface area contributed by atoms with Gasteiger partial charge in [0.15, 0.2) is 0 Å². The van der Waals surface area contributed by atoms with Crippen LogP contribution in [0.5, 0.6) is 0 Å². The van der Waals surface area contributed by atoms with Gasteiger partial charge in [0.05, 0.1) is 0 Å². The molecule has 0 heterocycles. The number of benzene rings is 5. The van der Waals surface area contributed by atoms with Crippen LogP contribution in [-0.2, 0) is 0 Å². The molecule has 1 saturated carbocycles. The maximum absolute atomic E-state index is 2.34. The Bertz CT molecular complexity index is 1420. The summed E-state index contributed by atoms with van der Waals surface area (Å²) in [6.07, 6.45) is 1.21. The van der Waals surface area contributed by atoms with Crippen molar-refractivity contribution in [2.75, 3.05) is 0 Å². The summed E-state index contributed by atoms with van der Waals surface area (Å²) in [5.41, 5.74) is 5.55. The van der Waals surface area contributed by atoms with Gasteiger partial charge < -0.3 is 0 Å². The third kappa shape index (κ3) is 5.30. The van der Waals surface area contributed by atoms with Crippen LogP contribution in [0, 0.1) is 0 Å². The SMILES string of the molecule is c1ccc([Se]C(=C(c2ccccc2)c2ccccc2)[C@]2([Se]c3ccccc3)C[C@@H]2c2ccccc2)cc1. The average Bonchev–Trinajstić information content (AvgIpc) is 3.70. The molecule has 0 aromatic heterocycles. The molecule has 0 N–H and O–H groups in total. The van der Waals surface area contributed by atoms with Crippen LogP contribution in [0.1, 0.15) is 29.0 Å². The number of rotatable bonds is 8. The summed E-state index contributed by atoms with van der Waals surface area (Å²) in [6, 6.07) is 55.7. The Morgan fingerprint density at radius 2 is 0.946 bits per heavy atom. The molecule has 2 heteroatoms. The van der Waals surface area contributed by atoms with Gasteiger partial charge in [0.25, 0.3) is 0 Å². The van der Waals surface area contributed by atoms with Gasteiger partial charge in [0.1, 0.15) is 0 Å². The quantitative estimate of drug-likeness (QED) is 0.170. The molecule has 5 aromatic rings. The molecule has 0 bridgehead atoms. The molecule has 37 heavy (non-hydrogen) atoms. The minimum absolute atomic E-state index is 0.145. The third-order valence-electron chi connectivity index (χ3n) is 6.85. The van der Waals surface area contributed by atoms with E-state index in [-0.39, 0.29) is 19.3 Å². The van der Waals surface area contributed by atoms with Crippen LogP contribution in [0.15, 0.2) is 156 Å². The van der Waals surface area contributed by atoms with E-state index in [1.807, 2.05) is 0 Å². The van der Waals surface area contributed by atoms with Crippen molar-refractivity contribution in [3.05, 3.63) is 173 Å². The Hall–Kier alpha value is -3.12. The number of allylic oxidation sites excluding steroid dienone is 1. The normalized spacial score (nSPS) is 18.2. The summed E-state index contributed by atoms with van der Waals surface area (Å²) in [5, 5.41) is 0. The van der Waals surface area contributed by atoms with E-state index in [1.165, 1.54) is 37.6 Å². The van der Waals surface area contributed by atoms with Gasteiger partial charge in [-0.15, -0.1) is 0 Å². The zero-order valence-corrected chi connectivity index (χ0v) is 24.0. The van der Waals surface area contributed by atoms with Gasteiger partial charge in [-0.3, -0.25) is 0 Å². The molecule has 1 aliphatic carbocycles. The molecule has 0 amide bonds. The first-order valence-corrected chi connectivity index (χ1v) is 16.1. The van der Waals surface area contributed by atoms with E-state index in [1.54, 1.807) is 4.47 Å². The molecule has 0 nitrogen and oxygen atoms in total. The van der Waals surface area contributed by atoms with Gasteiger partial charge in [-0.1, -0.05) is 0 Å². The van der Waals surface area contributed by atoms with Crippen LogP contribution in [0.2, 0.25) is 4.31 Å². The van der Waals surface area contributed by atoms with Crippen molar-refractivity contribution >= 4 is 44.4 Å². The van der Waals surface area contributed by atoms with Crippen LogP contribution < -0.4 is 8.92 Å². The second kappa shape index (κ2) is 11.1. The summed E-state index contributed by atoms with van der Waals surface area (Å²) in [6.45, 7) is 0. The fraction of sp³-hybridized carbons (Fsp3) is 0.0857. The van der Waals surface area contributed by atoms with Crippen molar-refractivity contribution in [3.8, 4) is 0 Å². The van der Waals surface area contributed by atoms with E-state index in [4.69, 9.17) is 0 Å². The van der Waals surface area contributed by atoms with Gasteiger partial charge in [-0.05, 0) is 0 Å². The van der Waals surface area contributed by atoms with E-state index in [0.29, 0.717) is 20.9 Å². The predicted molar refractivity (Wildman–Crippen MR) is 159 cm³/mol. The molecule has 0 radical (unpaired) electrons. The Morgan fingerprint density at radius 1 is 0.514 bits per heavy atom. The molecular weight excluding hydrogens is 578 g/mol. The van der Waals surface area contributed by atoms with Crippen LogP contribution in [-0.4, -0.2) is 29.9 Å². The Kier molecular flexibility index (Phi) is 7.27. The van der Waals surface area contributed by atoms with Gasteiger partial charge in [0, 0.05) is 0 Å². The maximum atomic E-state index is 2.34. The van der Waals surface area contributed by atoms with E-state index in [2.05, 4.69) is 152 Å². The van der Waals surface area contributed by atoms with Crippen molar-refractivity contribution in [1.29, 1.82) is 0 Å². The van der Waals surface area contributed by atoms with E-state index >= 15 is 0 Å². The molecule has 180 valence electrons. The predicted octanol–water partition coefficient (Wildman–Crippen LogP) is 6.85. The zero-order chi connectivity index (χ0) is 24.9.